The highest BCUT2D eigenvalue weighted by molar-refractivity contribution is 7.90. The number of thiophene rings is 1. The minimum absolute atomic E-state index is 0.134. The Morgan fingerprint density at radius 3 is 2.58 bits per heavy atom. The molecule has 0 aliphatic heterocycles. The van der Waals surface area contributed by atoms with E-state index in [1.165, 1.54) is 23.5 Å². The van der Waals surface area contributed by atoms with Crippen LogP contribution in [-0.2, 0) is 9.84 Å². The van der Waals surface area contributed by atoms with Gasteiger partial charge >= 0.3 is 0 Å². The Morgan fingerprint density at radius 2 is 1.88 bits per heavy atom. The van der Waals surface area contributed by atoms with Crippen molar-refractivity contribution in [3.63, 3.8) is 0 Å². The summed E-state index contributed by atoms with van der Waals surface area (Å²) >= 11 is 13.5. The molecule has 0 aliphatic carbocycles. The predicted molar refractivity (Wildman–Crippen MR) is 99.3 cm³/mol. The minimum Gasteiger partial charge on any atom is -0.321 e. The number of halogens is 2. The fourth-order valence-electron chi connectivity index (χ4n) is 2.18. The summed E-state index contributed by atoms with van der Waals surface area (Å²) in [6.45, 7) is 0. The second-order valence-corrected chi connectivity index (χ2v) is 9.02. The molecule has 0 bridgehead atoms. The van der Waals surface area contributed by atoms with E-state index in [4.69, 9.17) is 23.2 Å². The topological polar surface area (TPSA) is 63.2 Å². The van der Waals surface area contributed by atoms with Crippen molar-refractivity contribution in [1.82, 2.24) is 0 Å². The van der Waals surface area contributed by atoms with E-state index >= 15 is 0 Å². The molecule has 0 fully saturated rings. The van der Waals surface area contributed by atoms with Gasteiger partial charge in [-0.25, -0.2) is 8.42 Å². The molecular weight excluding hydrogens is 389 g/mol. The summed E-state index contributed by atoms with van der Waals surface area (Å²) in [5.74, 6) is -0.400. The third kappa shape index (κ3) is 3.42. The van der Waals surface area contributed by atoms with E-state index in [0.29, 0.717) is 20.6 Å². The Hall–Kier alpha value is -1.60. The zero-order valence-electron chi connectivity index (χ0n) is 12.3. The molecule has 0 radical (unpaired) electrons. The molecule has 1 N–H and O–H groups in total. The van der Waals surface area contributed by atoms with Crippen molar-refractivity contribution in [2.24, 2.45) is 0 Å². The number of carbonyl (C=O) groups excluding carboxylic acids is 1. The molecule has 3 rings (SSSR count). The van der Waals surface area contributed by atoms with Crippen molar-refractivity contribution in [2.75, 3.05) is 11.6 Å². The van der Waals surface area contributed by atoms with Crippen LogP contribution in [0.25, 0.3) is 10.1 Å². The molecule has 4 nitrogen and oxygen atoms in total. The highest BCUT2D eigenvalue weighted by Crippen LogP contribution is 2.37. The number of nitrogens with one attached hydrogen (secondary N) is 1. The summed E-state index contributed by atoms with van der Waals surface area (Å²) in [6.07, 6.45) is 1.11. The maximum Gasteiger partial charge on any atom is 0.267 e. The Labute approximate surface area is 152 Å². The van der Waals surface area contributed by atoms with Crippen LogP contribution in [0.4, 0.5) is 5.69 Å². The van der Waals surface area contributed by atoms with Crippen LogP contribution < -0.4 is 5.32 Å². The van der Waals surface area contributed by atoms with E-state index < -0.39 is 15.7 Å². The van der Waals surface area contributed by atoms with Crippen molar-refractivity contribution in [3.05, 3.63) is 57.4 Å². The number of rotatable bonds is 3. The molecule has 2 aromatic carbocycles. The third-order valence-electron chi connectivity index (χ3n) is 3.32. The molecule has 0 saturated heterocycles. The Kier molecular flexibility index (Phi) is 4.57. The smallest absolute Gasteiger partial charge is 0.267 e. The van der Waals surface area contributed by atoms with Gasteiger partial charge in [0, 0.05) is 27.1 Å². The number of anilines is 1. The molecule has 8 heteroatoms. The van der Waals surface area contributed by atoms with Gasteiger partial charge in [0.15, 0.2) is 9.84 Å². The first kappa shape index (κ1) is 17.2. The number of hydrogen-bond donors (Lipinski definition) is 1. The quantitative estimate of drug-likeness (QED) is 0.683. The van der Waals surface area contributed by atoms with E-state index in [9.17, 15) is 13.2 Å². The van der Waals surface area contributed by atoms with Crippen molar-refractivity contribution in [2.45, 2.75) is 4.90 Å². The van der Waals surface area contributed by atoms with Crippen molar-refractivity contribution in [1.29, 1.82) is 0 Å². The van der Waals surface area contributed by atoms with E-state index in [-0.39, 0.29) is 4.90 Å². The van der Waals surface area contributed by atoms with Crippen LogP contribution in [0, 0.1) is 0 Å². The van der Waals surface area contributed by atoms with Crippen molar-refractivity contribution in [3.8, 4) is 0 Å². The summed E-state index contributed by atoms with van der Waals surface area (Å²) < 4.78 is 24.0. The Bertz CT molecular complexity index is 1060. The largest absolute Gasteiger partial charge is 0.321 e. The van der Waals surface area contributed by atoms with Gasteiger partial charge in [0.05, 0.1) is 9.92 Å². The monoisotopic (exact) mass is 399 g/mol. The lowest BCUT2D eigenvalue weighted by Gasteiger charge is -2.06. The number of sulfone groups is 1. The molecule has 3 aromatic rings. The van der Waals surface area contributed by atoms with E-state index in [1.54, 1.807) is 30.3 Å². The highest BCUT2D eigenvalue weighted by atomic mass is 35.5. The van der Waals surface area contributed by atoms with Crippen LogP contribution in [0.1, 0.15) is 9.67 Å². The molecule has 1 aromatic heterocycles. The molecule has 1 heterocycles. The number of fused-ring (bicyclic) bond motifs is 1. The summed E-state index contributed by atoms with van der Waals surface area (Å²) in [6, 6.07) is 11.3. The first-order valence-corrected chi connectivity index (χ1v) is 10.2. The number of benzene rings is 2. The van der Waals surface area contributed by atoms with Crippen LogP contribution in [-0.4, -0.2) is 20.6 Å². The van der Waals surface area contributed by atoms with Gasteiger partial charge in [-0.1, -0.05) is 35.3 Å². The van der Waals surface area contributed by atoms with Crippen LogP contribution in [0.15, 0.2) is 47.4 Å². The molecule has 24 heavy (non-hydrogen) atoms. The van der Waals surface area contributed by atoms with Crippen molar-refractivity contribution >= 4 is 66.1 Å². The normalized spacial score (nSPS) is 11.6. The molecule has 0 aliphatic rings. The predicted octanol–water partition coefficient (Wildman–Crippen LogP) is 4.86. The van der Waals surface area contributed by atoms with Gasteiger partial charge in [-0.3, -0.25) is 4.79 Å². The van der Waals surface area contributed by atoms with Gasteiger partial charge in [-0.2, -0.15) is 0 Å². The maximum absolute atomic E-state index is 12.5. The fourth-order valence-corrected chi connectivity index (χ4v) is 4.53. The molecule has 124 valence electrons. The lowest BCUT2D eigenvalue weighted by Crippen LogP contribution is -2.11. The summed E-state index contributed by atoms with van der Waals surface area (Å²) in [7, 11) is -3.35. The minimum atomic E-state index is -3.35. The number of amides is 1. The van der Waals surface area contributed by atoms with E-state index in [2.05, 4.69) is 5.32 Å². The standard InChI is InChI=1S/C16H11Cl2NO3S2/c1-24(21,22)11-4-2-3-10(8-11)19-16(20)15-14(18)12-6-5-9(17)7-13(12)23-15/h2-8H,1H3,(H,19,20). The fraction of sp³-hybridized carbons (Fsp3) is 0.0625. The summed E-state index contributed by atoms with van der Waals surface area (Å²) in [4.78, 5) is 13.0. The van der Waals surface area contributed by atoms with Crippen LogP contribution >= 0.6 is 34.5 Å². The zero-order chi connectivity index (χ0) is 17.5. The van der Waals surface area contributed by atoms with Gasteiger partial charge in [-0.05, 0) is 30.3 Å². The Balaban J connectivity index is 1.95. The molecule has 0 saturated carbocycles. The lowest BCUT2D eigenvalue weighted by molar-refractivity contribution is 0.103. The molecule has 1 amide bonds. The summed E-state index contributed by atoms with van der Waals surface area (Å²) in [5.41, 5.74) is 0.384. The molecule has 0 unspecified atom stereocenters. The average molecular weight is 400 g/mol. The molecule has 0 atom stereocenters. The second kappa shape index (κ2) is 6.37. The van der Waals surface area contributed by atoms with Crippen LogP contribution in [0.3, 0.4) is 0 Å². The number of carbonyl (C=O) groups is 1. The lowest BCUT2D eigenvalue weighted by atomic mass is 10.2. The van der Waals surface area contributed by atoms with Gasteiger partial charge in [0.25, 0.3) is 5.91 Å². The second-order valence-electron chi connectivity index (χ2n) is 5.14. The summed E-state index contributed by atoms with van der Waals surface area (Å²) in [5, 5.41) is 4.34. The van der Waals surface area contributed by atoms with Crippen molar-refractivity contribution < 1.29 is 13.2 Å². The van der Waals surface area contributed by atoms with Gasteiger partial charge < -0.3 is 5.32 Å². The van der Waals surface area contributed by atoms with E-state index in [0.717, 1.165) is 16.3 Å². The first-order chi connectivity index (χ1) is 11.3. The zero-order valence-corrected chi connectivity index (χ0v) is 15.5. The first-order valence-electron chi connectivity index (χ1n) is 6.75. The number of hydrogen-bond acceptors (Lipinski definition) is 4. The van der Waals surface area contributed by atoms with E-state index in [1.807, 2.05) is 0 Å². The van der Waals surface area contributed by atoms with Gasteiger partial charge in [0.2, 0.25) is 0 Å². The van der Waals surface area contributed by atoms with Gasteiger partial charge in [-0.15, -0.1) is 11.3 Å². The maximum atomic E-state index is 12.5. The van der Waals surface area contributed by atoms with Gasteiger partial charge in [0.1, 0.15) is 4.88 Å². The SMILES string of the molecule is CS(=O)(=O)c1cccc(NC(=O)c2sc3cc(Cl)ccc3c2Cl)c1. The third-order valence-corrected chi connectivity index (χ3v) is 6.32. The van der Waals surface area contributed by atoms with Crippen LogP contribution in [0.5, 0.6) is 0 Å². The van der Waals surface area contributed by atoms with Crippen LogP contribution in [0.2, 0.25) is 10.0 Å². The Morgan fingerprint density at radius 1 is 1.12 bits per heavy atom. The average Bonchev–Trinajstić information content (AvgIpc) is 2.83. The molecule has 0 spiro atoms. The highest BCUT2D eigenvalue weighted by Gasteiger charge is 2.18. The molecular formula is C16H11Cl2NO3S2.